The molecule has 10 aromatic rings. The quantitative estimate of drug-likeness (QED) is 0.0476. The van der Waals surface area contributed by atoms with Crippen molar-refractivity contribution in [3.8, 4) is 34.0 Å². The van der Waals surface area contributed by atoms with Crippen molar-refractivity contribution in [1.29, 1.82) is 0 Å². The zero-order valence-corrected chi connectivity index (χ0v) is 45.5. The molecular weight excluding hydrogens is 1190 g/mol. The molecule has 17 nitrogen and oxygen atoms in total. The highest BCUT2D eigenvalue weighted by atomic mass is 79.9. The number of halogens is 5. The number of nitrogens with zero attached hydrogens (tertiary/aromatic N) is 4. The van der Waals surface area contributed by atoms with E-state index in [0.717, 1.165) is 26.7 Å². The molecular formula is C48H35Br2Cl3N8O9S3. The third-order valence-corrected chi connectivity index (χ3v) is 12.8. The number of anilines is 3. The molecule has 0 aliphatic heterocycles. The maximum absolute atomic E-state index is 12.3. The van der Waals surface area contributed by atoms with E-state index in [0.29, 0.717) is 75.7 Å². The van der Waals surface area contributed by atoms with E-state index >= 15 is 0 Å². The Morgan fingerprint density at radius 3 is 1.63 bits per heavy atom. The molecule has 10 rings (SSSR count). The van der Waals surface area contributed by atoms with Crippen LogP contribution in [0.3, 0.4) is 0 Å². The Morgan fingerprint density at radius 2 is 1.16 bits per heavy atom. The molecule has 0 aliphatic rings. The number of thiazole rings is 2. The van der Waals surface area contributed by atoms with Crippen molar-refractivity contribution >= 4 is 161 Å². The number of methoxy groups -OCH3 is 2. The number of pyridine rings is 2. The minimum absolute atomic E-state index is 0.000000000000000222. The van der Waals surface area contributed by atoms with Crippen LogP contribution in [0.4, 0.5) is 16.0 Å². The first-order valence-corrected chi connectivity index (χ1v) is 25.6. The van der Waals surface area contributed by atoms with Crippen LogP contribution < -0.4 is 48.9 Å². The molecule has 73 heavy (non-hydrogen) atoms. The van der Waals surface area contributed by atoms with Gasteiger partial charge in [0.05, 0.1) is 79.7 Å². The molecule has 0 atom stereocenters. The maximum Gasteiger partial charge on any atom is 0.347 e. The van der Waals surface area contributed by atoms with Crippen molar-refractivity contribution in [3.05, 3.63) is 177 Å². The summed E-state index contributed by atoms with van der Waals surface area (Å²) in [5, 5.41) is 11.1. The summed E-state index contributed by atoms with van der Waals surface area (Å²) >= 11 is 30.9. The van der Waals surface area contributed by atoms with Crippen LogP contribution in [-0.4, -0.2) is 50.4 Å². The summed E-state index contributed by atoms with van der Waals surface area (Å²) in [5.74, 6) is 1.05. The van der Waals surface area contributed by atoms with Crippen molar-refractivity contribution in [2.45, 2.75) is 0 Å². The second-order valence-electron chi connectivity index (χ2n) is 14.1. The molecule has 0 saturated carbocycles. The Balaban J connectivity index is 0.000000163. The van der Waals surface area contributed by atoms with Gasteiger partial charge in [-0.15, -0.1) is 22.7 Å². The van der Waals surface area contributed by atoms with Gasteiger partial charge in [-0.3, -0.25) is 14.8 Å². The highest BCUT2D eigenvalue weighted by Gasteiger charge is 2.16. The number of hydrogen-bond donors (Lipinski definition) is 4. The van der Waals surface area contributed by atoms with Crippen LogP contribution >= 0.6 is 102 Å². The van der Waals surface area contributed by atoms with Gasteiger partial charge in [-0.2, -0.15) is 0 Å². The smallest absolute Gasteiger partial charge is 0.347 e. The van der Waals surface area contributed by atoms with Gasteiger partial charge in [0.25, 0.3) is 0 Å². The molecule has 0 amide bonds. The van der Waals surface area contributed by atoms with Gasteiger partial charge in [-0.25, -0.2) is 24.4 Å². The van der Waals surface area contributed by atoms with Gasteiger partial charge in [0, 0.05) is 39.3 Å². The minimum atomic E-state index is -0.662. The van der Waals surface area contributed by atoms with Gasteiger partial charge in [0.1, 0.15) is 5.56 Å². The minimum Gasteiger partial charge on any atom is -0.494 e. The van der Waals surface area contributed by atoms with Gasteiger partial charge in [-0.05, 0) is 76.7 Å². The Bertz CT molecular complexity index is 3780. The van der Waals surface area contributed by atoms with E-state index < -0.39 is 16.9 Å². The highest BCUT2D eigenvalue weighted by molar-refractivity contribution is 9.10. The van der Waals surface area contributed by atoms with Gasteiger partial charge < -0.3 is 45.2 Å². The standard InChI is InChI=1S/C18H12ClN3O3S.C12H7ClN2O2S.C11H6BrClO3.C6H6BrNO.CH4N2S/c1-24-15-8-20-6-5-13(15)21-18-22-14(9-26-18)11-7-10-3-2-4-12(19)16(10)25-17(11)23;13-8-3-1-2-6-4-7(11(16)17-10(6)8)9-5-18-12(14)15-9;12-5-9(14)7-4-6-2-1-3-8(13)10(6)16-11(7)15;1-9-6-4-8-3-2-5(6)7;2-1(3)4/h2-9H,1H3,(H,20,21,22);1-5H,(H2,14,15);1-4H,5H2;2-4H,1H3;(H4,2,3,4). The van der Waals surface area contributed by atoms with E-state index in [-0.39, 0.29) is 21.8 Å². The number of alkyl halides is 1. The predicted molar refractivity (Wildman–Crippen MR) is 301 cm³/mol. The summed E-state index contributed by atoms with van der Waals surface area (Å²) in [4.78, 5) is 63.6. The fourth-order valence-electron chi connectivity index (χ4n) is 6.09. The van der Waals surface area contributed by atoms with E-state index in [9.17, 15) is 19.2 Å². The van der Waals surface area contributed by atoms with Crippen molar-refractivity contribution < 1.29 is 27.5 Å². The summed E-state index contributed by atoms with van der Waals surface area (Å²) in [7, 11) is 3.18. The normalized spacial score (nSPS) is 10.3. The molecule has 0 aliphatic carbocycles. The summed E-state index contributed by atoms with van der Waals surface area (Å²) in [6.07, 6.45) is 6.62. The number of hydrogen-bond acceptors (Lipinski definition) is 18. The summed E-state index contributed by atoms with van der Waals surface area (Å²) in [5.41, 5.74) is 16.8. The number of fused-ring (bicyclic) bond motifs is 3. The lowest BCUT2D eigenvalue weighted by molar-refractivity contribution is 0.102. The number of ether oxygens (including phenoxy) is 2. The number of nitrogen functional groups attached to an aromatic ring is 1. The number of nitrogens with two attached hydrogens (primary N) is 3. The topological polar surface area (TPSA) is 268 Å². The van der Waals surface area contributed by atoms with Crippen LogP contribution in [0.1, 0.15) is 10.4 Å². The van der Waals surface area contributed by atoms with E-state index in [4.69, 9.17) is 63.3 Å². The molecule has 7 aromatic heterocycles. The summed E-state index contributed by atoms with van der Waals surface area (Å²) in [6, 6.07) is 24.3. The number of thiocarbonyl (C=S) groups is 1. The highest BCUT2D eigenvalue weighted by Crippen LogP contribution is 2.32. The number of rotatable bonds is 8. The SMILES string of the molecule is COc1cnccc1Br.COc1cnccc1Nc1nc(-c2cc3cccc(Cl)c3oc2=O)cs1.NC(N)=S.Nc1nc(-c2cc3cccc(Cl)c3oc2=O)cs1.O=C(CBr)c1cc2cccc(Cl)c2oc1=O. The Labute approximate surface area is 458 Å². The van der Waals surface area contributed by atoms with Crippen molar-refractivity contribution in [2.24, 2.45) is 11.5 Å². The lowest BCUT2D eigenvalue weighted by Gasteiger charge is -2.07. The molecule has 0 saturated heterocycles. The average Bonchev–Trinajstić information content (AvgIpc) is 4.03. The summed E-state index contributed by atoms with van der Waals surface area (Å²) < 4.78 is 26.7. The first kappa shape index (κ1) is 55.6. The number of Topliss-reactive ketones (excluding diaryl/α,β-unsaturated/α-hetero) is 1. The Kier molecular flexibility index (Phi) is 20.0. The monoisotopic (exact) mass is 1230 g/mol. The second kappa shape index (κ2) is 26.3. The fourth-order valence-corrected chi connectivity index (χ4v) is 8.72. The molecule has 0 unspecified atom stereocenters. The number of para-hydroxylation sites is 3. The number of carbonyl (C=O) groups excluding carboxylic acids is 1. The van der Waals surface area contributed by atoms with Crippen LogP contribution in [0.15, 0.2) is 153 Å². The first-order chi connectivity index (χ1) is 35.0. The average molecular weight is 1230 g/mol. The Morgan fingerprint density at radius 1 is 0.699 bits per heavy atom. The zero-order valence-electron chi connectivity index (χ0n) is 37.6. The first-order valence-electron chi connectivity index (χ1n) is 20.4. The van der Waals surface area contributed by atoms with Gasteiger partial charge in [0.15, 0.2) is 49.4 Å². The largest absolute Gasteiger partial charge is 0.494 e. The van der Waals surface area contributed by atoms with Crippen LogP contribution in [0.5, 0.6) is 11.5 Å². The van der Waals surface area contributed by atoms with Crippen LogP contribution in [0.2, 0.25) is 15.1 Å². The van der Waals surface area contributed by atoms with Crippen molar-refractivity contribution in [3.63, 3.8) is 0 Å². The van der Waals surface area contributed by atoms with Crippen LogP contribution in [-0.2, 0) is 0 Å². The second-order valence-corrected chi connectivity index (χ2v) is 19.0. The number of nitrogens with one attached hydrogen (secondary N) is 1. The molecule has 3 aromatic carbocycles. The van der Waals surface area contributed by atoms with Crippen molar-refractivity contribution in [1.82, 2.24) is 19.9 Å². The lowest BCUT2D eigenvalue weighted by Crippen LogP contribution is -2.18. The van der Waals surface area contributed by atoms with Gasteiger partial charge in [0.2, 0.25) is 0 Å². The number of ketones is 1. The van der Waals surface area contributed by atoms with Gasteiger partial charge in [-0.1, -0.05) is 87.1 Å². The molecule has 0 radical (unpaired) electrons. The third kappa shape index (κ3) is 14.7. The third-order valence-electron chi connectivity index (χ3n) is 9.34. The number of benzene rings is 3. The van der Waals surface area contributed by atoms with E-state index in [1.54, 1.807) is 110 Å². The predicted octanol–water partition coefficient (Wildman–Crippen LogP) is 11.9. The van der Waals surface area contributed by atoms with Crippen LogP contribution in [0, 0.1) is 0 Å². The fraction of sp³-hybridized carbons (Fsp3) is 0.0625. The molecule has 374 valence electrons. The molecule has 0 bridgehead atoms. The molecule has 0 spiro atoms. The molecule has 7 heterocycles. The molecule has 0 fully saturated rings. The van der Waals surface area contributed by atoms with Gasteiger partial charge >= 0.3 is 16.9 Å². The molecule has 7 N–H and O–H groups in total. The number of carbonyl (C=O) groups is 1. The van der Waals surface area contributed by atoms with E-state index in [1.165, 1.54) is 28.7 Å². The Hall–Kier alpha value is -6.76. The number of aromatic nitrogens is 4. The van der Waals surface area contributed by atoms with Crippen molar-refractivity contribution in [2.75, 3.05) is 30.6 Å². The van der Waals surface area contributed by atoms with E-state index in [1.807, 2.05) is 18.2 Å². The van der Waals surface area contributed by atoms with E-state index in [2.05, 4.69) is 80.8 Å². The molecule has 25 heteroatoms. The maximum atomic E-state index is 12.3. The van der Waals surface area contributed by atoms with Crippen LogP contribution in [0.25, 0.3) is 55.4 Å². The summed E-state index contributed by atoms with van der Waals surface area (Å²) in [6.45, 7) is 0. The zero-order chi connectivity index (χ0) is 52.8. The lowest BCUT2D eigenvalue weighted by atomic mass is 10.1.